The zero-order chi connectivity index (χ0) is 16.4. The van der Waals surface area contributed by atoms with Crippen LogP contribution in [0.1, 0.15) is 21.7 Å². The number of nitrogens with one attached hydrogen (secondary N) is 1. The first-order valence-electron chi connectivity index (χ1n) is 7.00. The van der Waals surface area contributed by atoms with Crippen molar-refractivity contribution in [3.05, 3.63) is 64.6 Å². The summed E-state index contributed by atoms with van der Waals surface area (Å²) in [5, 5.41) is 7.26. The van der Waals surface area contributed by atoms with Crippen molar-refractivity contribution in [1.82, 2.24) is 10.1 Å². The van der Waals surface area contributed by atoms with Gasteiger partial charge < -0.3 is 9.84 Å². The van der Waals surface area contributed by atoms with Gasteiger partial charge in [-0.15, -0.1) is 0 Å². The van der Waals surface area contributed by atoms with Crippen LogP contribution in [0, 0.1) is 13.8 Å². The van der Waals surface area contributed by atoms with E-state index in [0.29, 0.717) is 33.3 Å². The van der Waals surface area contributed by atoms with E-state index in [1.807, 2.05) is 19.1 Å². The number of benzene rings is 1. The third-order valence-electron chi connectivity index (χ3n) is 3.40. The van der Waals surface area contributed by atoms with Crippen LogP contribution in [-0.2, 0) is 0 Å². The number of pyridine rings is 1. The zero-order valence-electron chi connectivity index (χ0n) is 12.6. The summed E-state index contributed by atoms with van der Waals surface area (Å²) in [6, 6.07) is 9.03. The van der Waals surface area contributed by atoms with Crippen LogP contribution in [0.3, 0.4) is 0 Å². The van der Waals surface area contributed by atoms with Crippen molar-refractivity contribution in [3.63, 3.8) is 0 Å². The number of aryl methyl sites for hydroxylation is 2. The Kier molecular flexibility index (Phi) is 4.12. The number of carbonyl (C=O) groups is 1. The lowest BCUT2D eigenvalue weighted by Crippen LogP contribution is -2.13. The number of hydrogen-bond donors (Lipinski definition) is 1. The normalized spacial score (nSPS) is 10.6. The van der Waals surface area contributed by atoms with Gasteiger partial charge in [0.2, 0.25) is 0 Å². The third-order valence-corrected chi connectivity index (χ3v) is 3.71. The van der Waals surface area contributed by atoms with Gasteiger partial charge in [-0.25, -0.2) is 0 Å². The number of nitrogens with zero attached hydrogens (tertiary/aromatic N) is 2. The highest BCUT2D eigenvalue weighted by atomic mass is 35.5. The van der Waals surface area contributed by atoms with E-state index in [9.17, 15) is 4.79 Å². The smallest absolute Gasteiger partial charge is 0.261 e. The molecule has 1 amide bonds. The van der Waals surface area contributed by atoms with Gasteiger partial charge in [-0.1, -0.05) is 22.8 Å². The minimum absolute atomic E-state index is 0.326. The van der Waals surface area contributed by atoms with Gasteiger partial charge in [0.15, 0.2) is 0 Å². The Morgan fingerprint density at radius 2 is 2.09 bits per heavy atom. The van der Waals surface area contributed by atoms with E-state index in [1.54, 1.807) is 37.5 Å². The first-order valence-corrected chi connectivity index (χ1v) is 7.38. The molecular weight excluding hydrogens is 314 g/mol. The SMILES string of the molecule is Cc1ccc(NC(=O)c2c(-c3cccnc3)noc2C)c(Cl)c1. The van der Waals surface area contributed by atoms with Crippen LogP contribution in [0.15, 0.2) is 47.2 Å². The molecule has 116 valence electrons. The molecule has 0 atom stereocenters. The molecule has 0 bridgehead atoms. The molecule has 5 nitrogen and oxygen atoms in total. The molecule has 1 aromatic carbocycles. The molecule has 0 aliphatic carbocycles. The molecule has 23 heavy (non-hydrogen) atoms. The van der Waals surface area contributed by atoms with Gasteiger partial charge >= 0.3 is 0 Å². The van der Waals surface area contributed by atoms with E-state index in [2.05, 4.69) is 15.5 Å². The molecule has 0 aliphatic rings. The average Bonchev–Trinajstić information content (AvgIpc) is 2.93. The Morgan fingerprint density at radius 3 is 2.78 bits per heavy atom. The maximum atomic E-state index is 12.6. The lowest BCUT2D eigenvalue weighted by molar-refractivity contribution is 0.102. The standard InChI is InChI=1S/C17H14ClN3O2/c1-10-5-6-14(13(18)8-10)20-17(22)15-11(2)23-21-16(15)12-4-3-7-19-9-12/h3-9H,1-2H3,(H,20,22). The molecule has 2 aromatic heterocycles. The third kappa shape index (κ3) is 3.10. The molecule has 0 spiro atoms. The molecule has 0 aliphatic heterocycles. The Labute approximate surface area is 138 Å². The van der Waals surface area contributed by atoms with Gasteiger partial charge in [-0.2, -0.15) is 0 Å². The number of aromatic nitrogens is 2. The number of amides is 1. The fourth-order valence-corrected chi connectivity index (χ4v) is 2.53. The molecular formula is C17H14ClN3O2. The predicted octanol–water partition coefficient (Wildman–Crippen LogP) is 4.26. The molecule has 0 saturated carbocycles. The van der Waals surface area contributed by atoms with Crippen LogP contribution < -0.4 is 5.32 Å². The summed E-state index contributed by atoms with van der Waals surface area (Å²) >= 11 is 6.17. The molecule has 1 N–H and O–H groups in total. The average molecular weight is 328 g/mol. The highest BCUT2D eigenvalue weighted by Crippen LogP contribution is 2.27. The molecule has 0 fully saturated rings. The molecule has 0 unspecified atom stereocenters. The maximum absolute atomic E-state index is 12.6. The van der Waals surface area contributed by atoms with Crippen molar-refractivity contribution in [2.75, 3.05) is 5.32 Å². The quantitative estimate of drug-likeness (QED) is 0.780. The Balaban J connectivity index is 1.96. The van der Waals surface area contributed by atoms with Crippen molar-refractivity contribution in [2.45, 2.75) is 13.8 Å². The zero-order valence-corrected chi connectivity index (χ0v) is 13.4. The van der Waals surface area contributed by atoms with E-state index < -0.39 is 0 Å². The van der Waals surface area contributed by atoms with E-state index in [-0.39, 0.29) is 5.91 Å². The summed E-state index contributed by atoms with van der Waals surface area (Å²) in [5.41, 5.74) is 3.10. The molecule has 0 saturated heterocycles. The predicted molar refractivity (Wildman–Crippen MR) is 88.6 cm³/mol. The van der Waals surface area contributed by atoms with E-state index in [1.165, 1.54) is 0 Å². The summed E-state index contributed by atoms with van der Waals surface area (Å²) in [4.78, 5) is 16.7. The minimum atomic E-state index is -0.326. The molecule has 2 heterocycles. The lowest BCUT2D eigenvalue weighted by Gasteiger charge is -2.08. The number of carbonyl (C=O) groups excluding carboxylic acids is 1. The van der Waals surface area contributed by atoms with Crippen molar-refractivity contribution in [1.29, 1.82) is 0 Å². The topological polar surface area (TPSA) is 68.0 Å². The fourth-order valence-electron chi connectivity index (χ4n) is 2.25. The second-order valence-corrected chi connectivity index (χ2v) is 5.55. The highest BCUT2D eigenvalue weighted by molar-refractivity contribution is 6.34. The molecule has 3 aromatic rings. The van der Waals surface area contributed by atoms with Gasteiger partial charge in [0.05, 0.1) is 10.7 Å². The number of halogens is 1. The van der Waals surface area contributed by atoms with Crippen molar-refractivity contribution in [3.8, 4) is 11.3 Å². The number of anilines is 1. The van der Waals surface area contributed by atoms with Crippen molar-refractivity contribution >= 4 is 23.2 Å². The molecule has 3 rings (SSSR count). The molecule has 0 radical (unpaired) electrons. The summed E-state index contributed by atoms with van der Waals surface area (Å²) in [6.45, 7) is 3.63. The largest absolute Gasteiger partial charge is 0.360 e. The van der Waals surface area contributed by atoms with Crippen LogP contribution >= 0.6 is 11.6 Å². The first kappa shape index (κ1) is 15.2. The van der Waals surface area contributed by atoms with Gasteiger partial charge in [0.1, 0.15) is 17.0 Å². The van der Waals surface area contributed by atoms with Gasteiger partial charge in [-0.05, 0) is 43.7 Å². The van der Waals surface area contributed by atoms with Crippen LogP contribution in [0.4, 0.5) is 5.69 Å². The summed E-state index contributed by atoms with van der Waals surface area (Å²) in [6.07, 6.45) is 3.29. The second-order valence-electron chi connectivity index (χ2n) is 5.14. The Bertz CT molecular complexity index is 860. The monoisotopic (exact) mass is 327 g/mol. The highest BCUT2D eigenvalue weighted by Gasteiger charge is 2.22. The van der Waals surface area contributed by atoms with Gasteiger partial charge in [0, 0.05) is 18.0 Å². The lowest BCUT2D eigenvalue weighted by atomic mass is 10.1. The number of rotatable bonds is 3. The Hall–Kier alpha value is -2.66. The van der Waals surface area contributed by atoms with Crippen LogP contribution in [0.25, 0.3) is 11.3 Å². The van der Waals surface area contributed by atoms with E-state index in [0.717, 1.165) is 5.56 Å². The van der Waals surface area contributed by atoms with Crippen LogP contribution in [0.5, 0.6) is 0 Å². The van der Waals surface area contributed by atoms with E-state index >= 15 is 0 Å². The van der Waals surface area contributed by atoms with Gasteiger partial charge in [-0.3, -0.25) is 9.78 Å². The first-order chi connectivity index (χ1) is 11.1. The molecule has 6 heteroatoms. The van der Waals surface area contributed by atoms with Crippen molar-refractivity contribution < 1.29 is 9.32 Å². The maximum Gasteiger partial charge on any atom is 0.261 e. The fraction of sp³-hybridized carbons (Fsp3) is 0.118. The summed E-state index contributed by atoms with van der Waals surface area (Å²) in [5.74, 6) is 0.109. The summed E-state index contributed by atoms with van der Waals surface area (Å²) in [7, 11) is 0. The Morgan fingerprint density at radius 1 is 1.26 bits per heavy atom. The second kappa shape index (κ2) is 6.22. The van der Waals surface area contributed by atoms with Crippen LogP contribution in [-0.4, -0.2) is 16.0 Å². The van der Waals surface area contributed by atoms with Crippen LogP contribution in [0.2, 0.25) is 5.02 Å². The van der Waals surface area contributed by atoms with E-state index in [4.69, 9.17) is 16.1 Å². The summed E-state index contributed by atoms with van der Waals surface area (Å²) < 4.78 is 5.19. The minimum Gasteiger partial charge on any atom is -0.360 e. The number of hydrogen-bond acceptors (Lipinski definition) is 4. The van der Waals surface area contributed by atoms with Gasteiger partial charge in [0.25, 0.3) is 5.91 Å². The van der Waals surface area contributed by atoms with Crippen molar-refractivity contribution in [2.24, 2.45) is 0 Å².